The quantitative estimate of drug-likeness (QED) is 0.499. The topological polar surface area (TPSA) is 33.2 Å². The first kappa shape index (κ1) is 14.6. The molecule has 0 aliphatic carbocycles. The number of quaternary nitrogens is 2. The average Bonchev–Trinajstić information content (AvgIpc) is 2.20. The maximum absolute atomic E-state index is 13.3. The Balaban J connectivity index is 0.000000980. The minimum absolute atomic E-state index is 0. The van der Waals surface area contributed by atoms with Gasteiger partial charge in [-0.05, 0) is 12.1 Å². The SMILES string of the molecule is Fc1ccccc1C1C[NH2+]CC[NH2+]1.[Cl-].[Cl-]. The van der Waals surface area contributed by atoms with E-state index >= 15 is 0 Å². The molecule has 0 spiro atoms. The fourth-order valence-electron chi connectivity index (χ4n) is 1.84. The molecule has 1 aromatic carbocycles. The highest BCUT2D eigenvalue weighted by Crippen LogP contribution is 2.12. The highest BCUT2D eigenvalue weighted by atomic mass is 35.5. The summed E-state index contributed by atoms with van der Waals surface area (Å²) in [4.78, 5) is 0. The Hall–Kier alpha value is -0.350. The van der Waals surface area contributed by atoms with Crippen LogP contribution in [0.25, 0.3) is 0 Å². The van der Waals surface area contributed by atoms with Gasteiger partial charge in [-0.1, -0.05) is 12.1 Å². The first-order valence-electron chi connectivity index (χ1n) is 4.77. The lowest BCUT2D eigenvalue weighted by Gasteiger charge is -2.19. The van der Waals surface area contributed by atoms with E-state index in [0.717, 1.165) is 25.2 Å². The Morgan fingerprint density at radius 2 is 1.87 bits per heavy atom. The zero-order valence-corrected chi connectivity index (χ0v) is 9.81. The Labute approximate surface area is 101 Å². The molecule has 0 amide bonds. The molecule has 0 saturated carbocycles. The van der Waals surface area contributed by atoms with E-state index in [0.29, 0.717) is 6.04 Å². The molecule has 1 aliphatic rings. The monoisotopic (exact) mass is 252 g/mol. The molecule has 1 aliphatic heterocycles. The van der Waals surface area contributed by atoms with Crippen LogP contribution >= 0.6 is 0 Å². The van der Waals surface area contributed by atoms with Gasteiger partial charge in [-0.25, -0.2) is 4.39 Å². The lowest BCUT2D eigenvalue weighted by molar-refractivity contribution is -0.816. The normalized spacial score (nSPS) is 19.9. The van der Waals surface area contributed by atoms with Crippen molar-refractivity contribution in [2.24, 2.45) is 0 Å². The number of rotatable bonds is 1. The van der Waals surface area contributed by atoms with Crippen LogP contribution in [0.2, 0.25) is 0 Å². The molecule has 2 rings (SSSR count). The zero-order chi connectivity index (χ0) is 9.10. The fourth-order valence-corrected chi connectivity index (χ4v) is 1.84. The van der Waals surface area contributed by atoms with Crippen molar-refractivity contribution >= 4 is 0 Å². The first-order chi connectivity index (χ1) is 6.38. The number of hydrogen-bond acceptors (Lipinski definition) is 0. The Bertz CT molecular complexity index is 291. The van der Waals surface area contributed by atoms with Crippen molar-refractivity contribution in [2.45, 2.75) is 6.04 Å². The molecule has 1 aromatic rings. The third-order valence-electron chi connectivity index (χ3n) is 2.55. The summed E-state index contributed by atoms with van der Waals surface area (Å²) in [6.45, 7) is 3.21. The van der Waals surface area contributed by atoms with E-state index in [1.807, 2.05) is 12.1 Å². The van der Waals surface area contributed by atoms with E-state index in [-0.39, 0.29) is 30.6 Å². The third-order valence-corrected chi connectivity index (χ3v) is 2.55. The van der Waals surface area contributed by atoms with Gasteiger partial charge in [0.25, 0.3) is 0 Å². The van der Waals surface area contributed by atoms with Gasteiger partial charge in [0.2, 0.25) is 0 Å². The number of piperazine rings is 1. The van der Waals surface area contributed by atoms with Crippen molar-refractivity contribution in [1.29, 1.82) is 0 Å². The van der Waals surface area contributed by atoms with E-state index in [2.05, 4.69) is 10.6 Å². The van der Waals surface area contributed by atoms with Crippen LogP contribution in [0.3, 0.4) is 0 Å². The Morgan fingerprint density at radius 1 is 1.13 bits per heavy atom. The minimum atomic E-state index is -0.0703. The highest BCUT2D eigenvalue weighted by Gasteiger charge is 2.23. The highest BCUT2D eigenvalue weighted by molar-refractivity contribution is 5.19. The van der Waals surface area contributed by atoms with Crippen molar-refractivity contribution in [3.8, 4) is 0 Å². The van der Waals surface area contributed by atoms with Gasteiger partial charge < -0.3 is 35.4 Å². The van der Waals surface area contributed by atoms with Crippen molar-refractivity contribution in [3.63, 3.8) is 0 Å². The van der Waals surface area contributed by atoms with Crippen LogP contribution in [0.1, 0.15) is 11.6 Å². The zero-order valence-electron chi connectivity index (χ0n) is 8.30. The number of hydrogen-bond donors (Lipinski definition) is 2. The molecule has 15 heavy (non-hydrogen) atoms. The molecule has 0 bridgehead atoms. The molecule has 1 atom stereocenters. The van der Waals surface area contributed by atoms with E-state index in [1.54, 1.807) is 6.07 Å². The molecule has 5 heteroatoms. The number of nitrogens with two attached hydrogens (primary N) is 2. The lowest BCUT2D eigenvalue weighted by atomic mass is 10.1. The minimum Gasteiger partial charge on any atom is -1.00 e. The Morgan fingerprint density at radius 3 is 2.47 bits per heavy atom. The summed E-state index contributed by atoms with van der Waals surface area (Å²) in [6, 6.07) is 7.37. The maximum atomic E-state index is 13.3. The van der Waals surface area contributed by atoms with E-state index in [9.17, 15) is 4.39 Å². The second kappa shape index (κ2) is 7.01. The van der Waals surface area contributed by atoms with E-state index in [4.69, 9.17) is 0 Å². The van der Waals surface area contributed by atoms with Crippen LogP contribution in [-0.2, 0) is 0 Å². The third kappa shape index (κ3) is 3.61. The standard InChI is InChI=1S/C10H13FN2.2ClH/c11-9-4-2-1-3-8(9)10-7-12-5-6-13-10;;/h1-4,10,12-13H,5-7H2;2*1H. The van der Waals surface area contributed by atoms with Crippen LogP contribution in [0.15, 0.2) is 24.3 Å². The summed E-state index contributed by atoms with van der Waals surface area (Å²) in [5.41, 5.74) is 0.846. The van der Waals surface area contributed by atoms with Crippen molar-refractivity contribution in [3.05, 3.63) is 35.6 Å². The molecule has 86 valence electrons. The molecular weight excluding hydrogens is 238 g/mol. The van der Waals surface area contributed by atoms with Gasteiger partial charge in [-0.3, -0.25) is 0 Å². The van der Waals surface area contributed by atoms with Gasteiger partial charge in [0.15, 0.2) is 6.04 Å². The molecule has 4 N–H and O–H groups in total. The maximum Gasteiger partial charge on any atom is 0.164 e. The van der Waals surface area contributed by atoms with Crippen LogP contribution in [0.4, 0.5) is 4.39 Å². The van der Waals surface area contributed by atoms with Crippen LogP contribution < -0.4 is 35.4 Å². The summed E-state index contributed by atoms with van der Waals surface area (Å²) in [5.74, 6) is -0.0703. The van der Waals surface area contributed by atoms with Crippen LogP contribution in [0.5, 0.6) is 0 Å². The van der Waals surface area contributed by atoms with Gasteiger partial charge in [-0.2, -0.15) is 0 Å². The second-order valence-corrected chi connectivity index (χ2v) is 3.47. The van der Waals surface area contributed by atoms with Gasteiger partial charge in [0.1, 0.15) is 25.5 Å². The van der Waals surface area contributed by atoms with Crippen molar-refractivity contribution in [1.82, 2.24) is 0 Å². The van der Waals surface area contributed by atoms with Crippen LogP contribution in [0, 0.1) is 5.82 Å². The summed E-state index contributed by atoms with van der Waals surface area (Å²) < 4.78 is 13.3. The molecule has 1 fully saturated rings. The summed E-state index contributed by atoms with van der Waals surface area (Å²) in [5, 5.41) is 4.47. The summed E-state index contributed by atoms with van der Waals surface area (Å²) in [7, 11) is 0. The van der Waals surface area contributed by atoms with Gasteiger partial charge in [-0.15, -0.1) is 0 Å². The molecular formula is C10H15Cl2FN2. The van der Waals surface area contributed by atoms with Crippen LogP contribution in [-0.4, -0.2) is 19.6 Å². The molecule has 0 aromatic heterocycles. The fraction of sp³-hybridized carbons (Fsp3) is 0.400. The molecule has 1 saturated heterocycles. The molecule has 1 unspecified atom stereocenters. The number of benzene rings is 1. The molecule has 0 radical (unpaired) electrons. The second-order valence-electron chi connectivity index (χ2n) is 3.47. The van der Waals surface area contributed by atoms with Crippen molar-refractivity contribution < 1.29 is 39.8 Å². The molecule has 2 nitrogen and oxygen atoms in total. The van der Waals surface area contributed by atoms with Gasteiger partial charge in [0, 0.05) is 0 Å². The summed E-state index contributed by atoms with van der Waals surface area (Å²) >= 11 is 0. The average molecular weight is 253 g/mol. The largest absolute Gasteiger partial charge is 1.00 e. The van der Waals surface area contributed by atoms with E-state index in [1.165, 1.54) is 6.07 Å². The van der Waals surface area contributed by atoms with Gasteiger partial charge in [0.05, 0.1) is 5.56 Å². The smallest absolute Gasteiger partial charge is 0.164 e. The lowest BCUT2D eigenvalue weighted by Crippen LogP contribution is -3.04. The predicted molar refractivity (Wildman–Crippen MR) is 47.6 cm³/mol. The van der Waals surface area contributed by atoms with Gasteiger partial charge >= 0.3 is 0 Å². The number of halogens is 3. The predicted octanol–water partition coefficient (Wildman–Crippen LogP) is -6.98. The first-order valence-corrected chi connectivity index (χ1v) is 4.77. The Kier molecular flexibility index (Phi) is 6.85. The summed E-state index contributed by atoms with van der Waals surface area (Å²) in [6.07, 6.45) is 0. The van der Waals surface area contributed by atoms with E-state index < -0.39 is 0 Å². The molecule has 1 heterocycles. The van der Waals surface area contributed by atoms with Crippen molar-refractivity contribution in [2.75, 3.05) is 19.6 Å².